The van der Waals surface area contributed by atoms with Crippen LogP contribution in [0.5, 0.6) is 17.2 Å². The van der Waals surface area contributed by atoms with Gasteiger partial charge in [0.2, 0.25) is 6.79 Å². The van der Waals surface area contributed by atoms with Crippen molar-refractivity contribution in [1.29, 1.82) is 0 Å². The maximum Gasteiger partial charge on any atom is 0.231 e. The van der Waals surface area contributed by atoms with Gasteiger partial charge in [0.05, 0.1) is 7.11 Å². The van der Waals surface area contributed by atoms with Gasteiger partial charge in [-0.05, 0) is 73.0 Å². The summed E-state index contributed by atoms with van der Waals surface area (Å²) in [6, 6.07) is 12.7. The Balaban J connectivity index is 1.32. The summed E-state index contributed by atoms with van der Waals surface area (Å²) in [6.45, 7) is 2.32. The minimum Gasteiger partial charge on any atom is -0.496 e. The molecule has 1 atom stereocenters. The van der Waals surface area contributed by atoms with E-state index < -0.39 is 0 Å². The largest absolute Gasteiger partial charge is 0.496 e. The summed E-state index contributed by atoms with van der Waals surface area (Å²) in [5.74, 6) is 3.34. The van der Waals surface area contributed by atoms with Gasteiger partial charge in [-0.2, -0.15) is 0 Å². The molecule has 2 aromatic carbocycles. The highest BCUT2D eigenvalue weighted by molar-refractivity contribution is 5.45. The molecule has 0 saturated carbocycles. The van der Waals surface area contributed by atoms with E-state index in [4.69, 9.17) is 14.2 Å². The Morgan fingerprint density at radius 1 is 1.16 bits per heavy atom. The Labute approximate surface area is 149 Å². The fraction of sp³-hybridized carbons (Fsp3) is 0.429. The molecule has 4 heteroatoms. The molecular weight excluding hydrogens is 314 g/mol. The Morgan fingerprint density at radius 2 is 2.08 bits per heavy atom. The van der Waals surface area contributed by atoms with Gasteiger partial charge in [-0.15, -0.1) is 0 Å². The third-order valence-electron chi connectivity index (χ3n) is 5.23. The SMILES string of the molecule is COc1cccc2c1CCC[C@@H]2CNCCc1ccc2c(c1)OCO2. The van der Waals surface area contributed by atoms with Crippen molar-refractivity contribution in [1.82, 2.24) is 5.32 Å². The quantitative estimate of drug-likeness (QED) is 0.815. The van der Waals surface area contributed by atoms with E-state index in [0.29, 0.717) is 12.7 Å². The lowest BCUT2D eigenvalue weighted by atomic mass is 9.82. The number of ether oxygens (including phenoxy) is 3. The minimum absolute atomic E-state index is 0.335. The fourth-order valence-corrected chi connectivity index (χ4v) is 3.92. The molecule has 1 heterocycles. The van der Waals surface area contributed by atoms with E-state index in [2.05, 4.69) is 35.6 Å². The van der Waals surface area contributed by atoms with Gasteiger partial charge in [0.25, 0.3) is 0 Å². The van der Waals surface area contributed by atoms with Crippen LogP contribution >= 0.6 is 0 Å². The lowest BCUT2D eigenvalue weighted by molar-refractivity contribution is 0.174. The third kappa shape index (κ3) is 3.45. The van der Waals surface area contributed by atoms with Crippen molar-refractivity contribution >= 4 is 0 Å². The van der Waals surface area contributed by atoms with Gasteiger partial charge < -0.3 is 19.5 Å². The lowest BCUT2D eigenvalue weighted by Gasteiger charge is -2.27. The molecule has 2 aliphatic rings. The van der Waals surface area contributed by atoms with Gasteiger partial charge in [-0.3, -0.25) is 0 Å². The van der Waals surface area contributed by atoms with E-state index in [1.807, 2.05) is 6.07 Å². The average Bonchev–Trinajstić information content (AvgIpc) is 3.12. The molecule has 1 aliphatic carbocycles. The summed E-state index contributed by atoms with van der Waals surface area (Å²) in [5, 5.41) is 3.64. The molecule has 0 amide bonds. The second-order valence-electron chi connectivity index (χ2n) is 6.76. The van der Waals surface area contributed by atoms with Gasteiger partial charge in [-0.1, -0.05) is 18.2 Å². The number of nitrogens with one attached hydrogen (secondary N) is 1. The highest BCUT2D eigenvalue weighted by atomic mass is 16.7. The summed E-state index contributed by atoms with van der Waals surface area (Å²) >= 11 is 0. The molecule has 1 N–H and O–H groups in total. The van der Waals surface area contributed by atoms with E-state index in [1.54, 1.807) is 7.11 Å². The molecular formula is C21H25NO3. The van der Waals surface area contributed by atoms with Crippen molar-refractivity contribution in [2.75, 3.05) is 27.0 Å². The number of rotatable bonds is 6. The molecule has 25 heavy (non-hydrogen) atoms. The van der Waals surface area contributed by atoms with E-state index in [9.17, 15) is 0 Å². The summed E-state index contributed by atoms with van der Waals surface area (Å²) in [6.07, 6.45) is 4.61. The van der Waals surface area contributed by atoms with Crippen LogP contribution in [0.3, 0.4) is 0 Å². The first kappa shape index (κ1) is 16.3. The maximum absolute atomic E-state index is 5.54. The first-order valence-corrected chi connectivity index (χ1v) is 9.10. The number of hydrogen-bond donors (Lipinski definition) is 1. The standard InChI is InChI=1S/C21H25NO3/c1-23-19-7-3-5-17-16(4-2-6-18(17)19)13-22-11-10-15-8-9-20-21(12-15)25-14-24-20/h3,5,7-9,12,16,22H,2,4,6,10-11,13-14H2,1H3/t16-/m1/s1. The van der Waals surface area contributed by atoms with Crippen LogP contribution in [0.1, 0.15) is 35.4 Å². The molecule has 0 saturated heterocycles. The minimum atomic E-state index is 0.335. The van der Waals surface area contributed by atoms with Gasteiger partial charge in [0.15, 0.2) is 11.5 Å². The molecule has 132 valence electrons. The molecule has 4 nitrogen and oxygen atoms in total. The van der Waals surface area contributed by atoms with Crippen LogP contribution in [-0.2, 0) is 12.8 Å². The average molecular weight is 339 g/mol. The van der Waals surface area contributed by atoms with E-state index in [-0.39, 0.29) is 0 Å². The maximum atomic E-state index is 5.54. The molecule has 0 spiro atoms. The summed E-state index contributed by atoms with van der Waals surface area (Å²) in [5.41, 5.74) is 4.14. The van der Waals surface area contributed by atoms with Crippen LogP contribution in [0.25, 0.3) is 0 Å². The van der Waals surface area contributed by atoms with Crippen molar-refractivity contribution in [2.45, 2.75) is 31.6 Å². The second-order valence-corrected chi connectivity index (χ2v) is 6.76. The molecule has 2 aromatic rings. The first-order valence-electron chi connectivity index (χ1n) is 9.10. The molecule has 0 radical (unpaired) electrons. The molecule has 4 rings (SSSR count). The lowest BCUT2D eigenvalue weighted by Crippen LogP contribution is -2.26. The fourth-order valence-electron chi connectivity index (χ4n) is 3.92. The highest BCUT2D eigenvalue weighted by Crippen LogP contribution is 2.36. The monoisotopic (exact) mass is 339 g/mol. The van der Waals surface area contributed by atoms with Crippen molar-refractivity contribution in [3.8, 4) is 17.2 Å². The topological polar surface area (TPSA) is 39.7 Å². The summed E-state index contributed by atoms with van der Waals surface area (Å²) < 4.78 is 16.3. The molecule has 0 unspecified atom stereocenters. The number of fused-ring (bicyclic) bond motifs is 2. The predicted octanol–water partition coefficient (Wildman–Crippen LogP) is 3.68. The van der Waals surface area contributed by atoms with Crippen molar-refractivity contribution < 1.29 is 14.2 Å². The normalized spacial score (nSPS) is 18.0. The zero-order valence-corrected chi connectivity index (χ0v) is 14.7. The van der Waals surface area contributed by atoms with E-state index in [0.717, 1.165) is 43.2 Å². The van der Waals surface area contributed by atoms with Crippen molar-refractivity contribution in [3.05, 3.63) is 53.1 Å². The van der Waals surface area contributed by atoms with Gasteiger partial charge in [0.1, 0.15) is 5.75 Å². The Bertz CT molecular complexity index is 744. The zero-order valence-electron chi connectivity index (χ0n) is 14.7. The van der Waals surface area contributed by atoms with Gasteiger partial charge in [-0.25, -0.2) is 0 Å². The smallest absolute Gasteiger partial charge is 0.231 e. The van der Waals surface area contributed by atoms with Crippen LogP contribution in [-0.4, -0.2) is 27.0 Å². The van der Waals surface area contributed by atoms with Gasteiger partial charge in [0, 0.05) is 6.54 Å². The zero-order chi connectivity index (χ0) is 17.1. The third-order valence-corrected chi connectivity index (χ3v) is 5.23. The summed E-state index contributed by atoms with van der Waals surface area (Å²) in [4.78, 5) is 0. The Morgan fingerprint density at radius 3 is 3.00 bits per heavy atom. The van der Waals surface area contributed by atoms with Gasteiger partial charge >= 0.3 is 0 Å². The summed E-state index contributed by atoms with van der Waals surface area (Å²) in [7, 11) is 1.77. The van der Waals surface area contributed by atoms with Crippen LogP contribution in [0, 0.1) is 0 Å². The molecule has 0 aromatic heterocycles. The molecule has 1 aliphatic heterocycles. The van der Waals surface area contributed by atoms with Crippen LogP contribution in [0.4, 0.5) is 0 Å². The number of methoxy groups -OCH3 is 1. The highest BCUT2D eigenvalue weighted by Gasteiger charge is 2.22. The van der Waals surface area contributed by atoms with E-state index >= 15 is 0 Å². The molecule has 0 bridgehead atoms. The van der Waals surface area contributed by atoms with E-state index in [1.165, 1.54) is 29.5 Å². The van der Waals surface area contributed by atoms with Crippen LogP contribution in [0.2, 0.25) is 0 Å². The molecule has 0 fully saturated rings. The Hall–Kier alpha value is -2.20. The number of hydrogen-bond acceptors (Lipinski definition) is 4. The van der Waals surface area contributed by atoms with Crippen molar-refractivity contribution in [2.24, 2.45) is 0 Å². The predicted molar refractivity (Wildman–Crippen MR) is 97.8 cm³/mol. The second kappa shape index (κ2) is 7.36. The van der Waals surface area contributed by atoms with Crippen molar-refractivity contribution in [3.63, 3.8) is 0 Å². The van der Waals surface area contributed by atoms with Crippen LogP contribution < -0.4 is 19.5 Å². The first-order chi connectivity index (χ1) is 12.3. The number of benzene rings is 2. The Kier molecular flexibility index (Phi) is 4.79. The van der Waals surface area contributed by atoms with Crippen LogP contribution in [0.15, 0.2) is 36.4 Å².